The number of hydrogen-bond acceptors (Lipinski definition) is 5. The molecular formula is C11H10N2O4. The first-order valence-corrected chi connectivity index (χ1v) is 4.88. The summed E-state index contributed by atoms with van der Waals surface area (Å²) in [6, 6.07) is 4.55. The van der Waals surface area contributed by atoms with Crippen LogP contribution in [0.1, 0.15) is 28.4 Å². The number of nitro groups is 1. The van der Waals surface area contributed by atoms with E-state index in [9.17, 15) is 14.9 Å². The van der Waals surface area contributed by atoms with E-state index in [0.717, 1.165) is 0 Å². The minimum absolute atomic E-state index is 0.0549. The standard InChI is InChI=1S/C11H10N2O4/c1-3-17-11(14)9-8(6-12)5-4-7(2)10(9)13(15)16/h4-5H,3H2,1-2H3. The van der Waals surface area contributed by atoms with Crippen molar-refractivity contribution in [1.82, 2.24) is 0 Å². The maximum atomic E-state index is 11.6. The lowest BCUT2D eigenvalue weighted by Gasteiger charge is -2.06. The first-order chi connectivity index (χ1) is 8.02. The van der Waals surface area contributed by atoms with Gasteiger partial charge in [0.2, 0.25) is 0 Å². The number of ether oxygens (including phenoxy) is 1. The van der Waals surface area contributed by atoms with E-state index in [1.807, 2.05) is 0 Å². The van der Waals surface area contributed by atoms with E-state index in [2.05, 4.69) is 0 Å². The maximum absolute atomic E-state index is 11.6. The number of hydrogen-bond donors (Lipinski definition) is 0. The molecule has 0 aliphatic heterocycles. The van der Waals surface area contributed by atoms with Gasteiger partial charge < -0.3 is 4.74 Å². The summed E-state index contributed by atoms with van der Waals surface area (Å²) >= 11 is 0. The third kappa shape index (κ3) is 2.39. The summed E-state index contributed by atoms with van der Waals surface area (Å²) in [4.78, 5) is 21.9. The molecule has 0 N–H and O–H groups in total. The molecule has 17 heavy (non-hydrogen) atoms. The molecule has 0 fully saturated rings. The van der Waals surface area contributed by atoms with Crippen molar-refractivity contribution in [2.75, 3.05) is 6.61 Å². The monoisotopic (exact) mass is 234 g/mol. The Bertz CT molecular complexity index is 517. The normalized spacial score (nSPS) is 9.47. The Kier molecular flexibility index (Phi) is 3.78. The molecule has 1 rings (SSSR count). The van der Waals surface area contributed by atoms with Gasteiger partial charge in [0, 0.05) is 5.56 Å². The van der Waals surface area contributed by atoms with Crippen LogP contribution in [0.25, 0.3) is 0 Å². The van der Waals surface area contributed by atoms with Gasteiger partial charge in [0.1, 0.15) is 6.07 Å². The molecular weight excluding hydrogens is 224 g/mol. The highest BCUT2D eigenvalue weighted by Gasteiger charge is 2.27. The molecule has 0 aliphatic carbocycles. The van der Waals surface area contributed by atoms with Gasteiger partial charge >= 0.3 is 5.97 Å². The summed E-state index contributed by atoms with van der Waals surface area (Å²) in [5.74, 6) is -0.848. The number of carbonyl (C=O) groups is 1. The van der Waals surface area contributed by atoms with Crippen LogP contribution in [0.2, 0.25) is 0 Å². The second-order valence-corrected chi connectivity index (χ2v) is 3.24. The van der Waals surface area contributed by atoms with Gasteiger partial charge in [-0.15, -0.1) is 0 Å². The molecule has 0 saturated heterocycles. The van der Waals surface area contributed by atoms with E-state index < -0.39 is 10.9 Å². The molecule has 1 aromatic rings. The summed E-state index contributed by atoms with van der Waals surface area (Å²) in [5.41, 5.74) is -0.389. The minimum atomic E-state index is -0.848. The summed E-state index contributed by atoms with van der Waals surface area (Å²) in [7, 11) is 0. The van der Waals surface area contributed by atoms with Gasteiger partial charge in [-0.3, -0.25) is 10.1 Å². The lowest BCUT2D eigenvalue weighted by atomic mass is 10.0. The Balaban J connectivity index is 3.52. The van der Waals surface area contributed by atoms with Gasteiger partial charge in [-0.25, -0.2) is 4.79 Å². The molecule has 0 aromatic heterocycles. The second kappa shape index (κ2) is 5.07. The van der Waals surface area contributed by atoms with Gasteiger partial charge in [0.25, 0.3) is 5.69 Å². The van der Waals surface area contributed by atoms with E-state index in [-0.39, 0.29) is 23.4 Å². The molecule has 0 saturated carbocycles. The number of carbonyl (C=O) groups excluding carboxylic acids is 1. The highest BCUT2D eigenvalue weighted by molar-refractivity contribution is 5.97. The summed E-state index contributed by atoms with van der Waals surface area (Å²) in [5, 5.41) is 19.8. The number of nitriles is 1. The van der Waals surface area contributed by atoms with Crippen molar-refractivity contribution in [3.8, 4) is 6.07 Å². The molecule has 0 heterocycles. The van der Waals surface area contributed by atoms with Gasteiger partial charge in [-0.05, 0) is 19.9 Å². The number of rotatable bonds is 3. The van der Waals surface area contributed by atoms with Crippen molar-refractivity contribution in [2.24, 2.45) is 0 Å². The molecule has 88 valence electrons. The summed E-state index contributed by atoms with van der Waals surface area (Å²) < 4.78 is 4.72. The van der Waals surface area contributed by atoms with E-state index in [4.69, 9.17) is 10.00 Å². The first kappa shape index (κ1) is 12.6. The fourth-order valence-corrected chi connectivity index (χ4v) is 1.43. The van der Waals surface area contributed by atoms with Crippen LogP contribution in [0.4, 0.5) is 5.69 Å². The Morgan fingerprint density at radius 2 is 2.24 bits per heavy atom. The van der Waals surface area contributed by atoms with Crippen molar-refractivity contribution in [1.29, 1.82) is 5.26 Å². The molecule has 0 bridgehead atoms. The fraction of sp³-hybridized carbons (Fsp3) is 0.273. The molecule has 0 unspecified atom stereocenters. The minimum Gasteiger partial charge on any atom is -0.462 e. The topological polar surface area (TPSA) is 93.2 Å². The van der Waals surface area contributed by atoms with Crippen LogP contribution < -0.4 is 0 Å². The molecule has 6 heteroatoms. The molecule has 0 spiro atoms. The second-order valence-electron chi connectivity index (χ2n) is 3.24. The van der Waals surface area contributed by atoms with Crippen molar-refractivity contribution in [3.05, 3.63) is 38.9 Å². The smallest absolute Gasteiger partial charge is 0.346 e. The highest BCUT2D eigenvalue weighted by Crippen LogP contribution is 2.27. The Hall–Kier alpha value is -2.42. The van der Waals surface area contributed by atoms with Crippen LogP contribution >= 0.6 is 0 Å². The molecule has 6 nitrogen and oxygen atoms in total. The summed E-state index contributed by atoms with van der Waals surface area (Å²) in [6.07, 6.45) is 0. The number of nitrogens with zero attached hydrogens (tertiary/aromatic N) is 2. The predicted molar refractivity (Wildman–Crippen MR) is 58.5 cm³/mol. The summed E-state index contributed by atoms with van der Waals surface area (Å²) in [6.45, 7) is 3.18. The van der Waals surface area contributed by atoms with Gasteiger partial charge in [0.15, 0.2) is 5.56 Å². The predicted octanol–water partition coefficient (Wildman–Crippen LogP) is 1.95. The van der Waals surface area contributed by atoms with Crippen molar-refractivity contribution >= 4 is 11.7 Å². The van der Waals surface area contributed by atoms with Crippen molar-refractivity contribution < 1.29 is 14.5 Å². The van der Waals surface area contributed by atoms with E-state index in [1.165, 1.54) is 19.1 Å². The van der Waals surface area contributed by atoms with Gasteiger partial charge in [-0.1, -0.05) is 6.07 Å². The highest BCUT2D eigenvalue weighted by atomic mass is 16.6. The number of benzene rings is 1. The number of esters is 1. The van der Waals surface area contributed by atoms with Crippen LogP contribution in [0.15, 0.2) is 12.1 Å². The van der Waals surface area contributed by atoms with Crippen LogP contribution in [0, 0.1) is 28.4 Å². The molecule has 0 radical (unpaired) electrons. The van der Waals surface area contributed by atoms with Crippen molar-refractivity contribution in [3.63, 3.8) is 0 Å². The Morgan fingerprint density at radius 3 is 2.71 bits per heavy atom. The largest absolute Gasteiger partial charge is 0.462 e. The van der Waals surface area contributed by atoms with E-state index in [1.54, 1.807) is 13.0 Å². The third-order valence-corrected chi connectivity index (χ3v) is 2.16. The molecule has 0 amide bonds. The zero-order valence-electron chi connectivity index (χ0n) is 9.39. The maximum Gasteiger partial charge on any atom is 0.346 e. The zero-order chi connectivity index (χ0) is 13.0. The van der Waals surface area contributed by atoms with Gasteiger partial charge in [-0.2, -0.15) is 5.26 Å². The average Bonchev–Trinajstić information content (AvgIpc) is 2.28. The third-order valence-electron chi connectivity index (χ3n) is 2.16. The Morgan fingerprint density at radius 1 is 1.59 bits per heavy atom. The van der Waals surface area contributed by atoms with E-state index in [0.29, 0.717) is 5.56 Å². The zero-order valence-corrected chi connectivity index (χ0v) is 9.39. The fourth-order valence-electron chi connectivity index (χ4n) is 1.43. The van der Waals surface area contributed by atoms with Crippen molar-refractivity contribution in [2.45, 2.75) is 13.8 Å². The quantitative estimate of drug-likeness (QED) is 0.452. The average molecular weight is 234 g/mol. The number of aryl methyl sites for hydroxylation is 1. The van der Waals surface area contributed by atoms with E-state index >= 15 is 0 Å². The lowest BCUT2D eigenvalue weighted by molar-refractivity contribution is -0.385. The lowest BCUT2D eigenvalue weighted by Crippen LogP contribution is -2.11. The van der Waals surface area contributed by atoms with Crippen LogP contribution in [-0.4, -0.2) is 17.5 Å². The van der Waals surface area contributed by atoms with Crippen LogP contribution in [0.3, 0.4) is 0 Å². The molecule has 1 aromatic carbocycles. The first-order valence-electron chi connectivity index (χ1n) is 4.88. The van der Waals surface area contributed by atoms with Crippen LogP contribution in [-0.2, 0) is 4.74 Å². The molecule has 0 aliphatic rings. The van der Waals surface area contributed by atoms with Gasteiger partial charge in [0.05, 0.1) is 17.1 Å². The Labute approximate surface area is 97.6 Å². The number of nitro benzene ring substituents is 1. The van der Waals surface area contributed by atoms with Crippen LogP contribution in [0.5, 0.6) is 0 Å². The SMILES string of the molecule is CCOC(=O)c1c(C#N)ccc(C)c1[N+](=O)[O-]. The molecule has 0 atom stereocenters.